The monoisotopic (exact) mass is 505 g/mol. The Hall–Kier alpha value is -2.99. The number of hydrogen-bond donors (Lipinski definition) is 2. The van der Waals surface area contributed by atoms with Crippen molar-refractivity contribution in [1.82, 2.24) is 4.57 Å². The molecule has 4 aromatic rings. The second-order valence-electron chi connectivity index (χ2n) is 7.29. The van der Waals surface area contributed by atoms with Gasteiger partial charge in [0.2, 0.25) is 0 Å². The summed E-state index contributed by atoms with van der Waals surface area (Å²) in [7, 11) is -4.33. The van der Waals surface area contributed by atoms with Crippen molar-refractivity contribution in [2.45, 2.75) is 24.1 Å². The highest BCUT2D eigenvalue weighted by molar-refractivity contribution is 7.87. The molecule has 0 spiro atoms. The number of fused-ring (bicyclic) bond motifs is 1. The van der Waals surface area contributed by atoms with E-state index in [4.69, 9.17) is 8.74 Å². The molecule has 0 aliphatic carbocycles. The number of aliphatic carboxylic acids is 1. The number of carboxylic acids is 1. The zero-order chi connectivity index (χ0) is 23.8. The minimum Gasteiger partial charge on any atom is -0.480 e. The fraction of sp³-hybridized carbons (Fsp3) is 0.136. The molecule has 0 aliphatic rings. The van der Waals surface area contributed by atoms with Gasteiger partial charge in [-0.25, -0.2) is 4.21 Å². The molecular weight excluding hydrogens is 486 g/mol. The van der Waals surface area contributed by atoms with Crippen LogP contribution >= 0.6 is 11.3 Å². The molecule has 0 saturated heterocycles. The Kier molecular flexibility index (Phi) is 6.39. The van der Waals surface area contributed by atoms with E-state index >= 15 is 0 Å². The summed E-state index contributed by atoms with van der Waals surface area (Å²) in [6, 6.07) is 13.0. The summed E-state index contributed by atoms with van der Waals surface area (Å²) < 4.78 is 53.4. The van der Waals surface area contributed by atoms with E-state index in [1.807, 2.05) is 22.9 Å². The van der Waals surface area contributed by atoms with Crippen LogP contribution in [-0.2, 0) is 38.3 Å². The van der Waals surface area contributed by atoms with Gasteiger partial charge in [0.25, 0.3) is 0 Å². The molecule has 0 amide bonds. The second-order valence-corrected chi connectivity index (χ2v) is 10.5. The van der Waals surface area contributed by atoms with E-state index in [1.165, 1.54) is 40.2 Å². The standard InChI is InChI=1S/C22H19NO7S3/c1-14-22(33(28,29)30-18-5-2-15(3-6-18)13-32(26)27)19-10-16(17-8-9-31-12-17)4-7-20(19)23(14)11-21(24)25/h2-10,12H,11,13H2,1H3,(H,24,25)(H,26,27). The first-order chi connectivity index (χ1) is 15.7. The molecule has 172 valence electrons. The summed E-state index contributed by atoms with van der Waals surface area (Å²) in [5, 5.41) is 13.6. The molecule has 0 fully saturated rings. The van der Waals surface area contributed by atoms with Crippen molar-refractivity contribution in [1.29, 1.82) is 0 Å². The van der Waals surface area contributed by atoms with Gasteiger partial charge in [0, 0.05) is 11.1 Å². The summed E-state index contributed by atoms with van der Waals surface area (Å²) in [4.78, 5) is 11.3. The highest BCUT2D eigenvalue weighted by Crippen LogP contribution is 2.35. The molecule has 0 aliphatic heterocycles. The third kappa shape index (κ3) is 4.86. The maximum Gasteiger partial charge on any atom is 0.341 e. The molecule has 2 N–H and O–H groups in total. The van der Waals surface area contributed by atoms with Gasteiger partial charge in [-0.05, 0) is 64.7 Å². The fourth-order valence-corrected chi connectivity index (χ4v) is 6.16. The molecular formula is C22H19NO7S3. The summed E-state index contributed by atoms with van der Waals surface area (Å²) >= 11 is -0.505. The van der Waals surface area contributed by atoms with Gasteiger partial charge < -0.3 is 18.4 Å². The maximum absolute atomic E-state index is 13.3. The number of rotatable bonds is 8. The molecule has 0 radical (unpaired) electrons. The fourth-order valence-electron chi connectivity index (χ4n) is 3.67. The van der Waals surface area contributed by atoms with Crippen molar-refractivity contribution >= 4 is 49.4 Å². The van der Waals surface area contributed by atoms with Gasteiger partial charge in [0.15, 0.2) is 11.1 Å². The molecule has 11 heteroatoms. The predicted molar refractivity (Wildman–Crippen MR) is 126 cm³/mol. The zero-order valence-corrected chi connectivity index (χ0v) is 19.7. The van der Waals surface area contributed by atoms with Crippen molar-refractivity contribution in [3.8, 4) is 16.9 Å². The van der Waals surface area contributed by atoms with Gasteiger partial charge in [-0.3, -0.25) is 4.79 Å². The Morgan fingerprint density at radius 3 is 2.45 bits per heavy atom. The molecule has 33 heavy (non-hydrogen) atoms. The molecule has 8 nitrogen and oxygen atoms in total. The predicted octanol–water partition coefficient (Wildman–Crippen LogP) is 4.25. The Bertz CT molecular complexity index is 1450. The molecule has 1 atom stereocenters. The first-order valence-electron chi connectivity index (χ1n) is 9.64. The van der Waals surface area contributed by atoms with Crippen LogP contribution in [0, 0.1) is 6.92 Å². The lowest BCUT2D eigenvalue weighted by Gasteiger charge is -2.09. The highest BCUT2D eigenvalue weighted by Gasteiger charge is 2.28. The van der Waals surface area contributed by atoms with Crippen LogP contribution in [-0.4, -0.2) is 32.8 Å². The molecule has 4 rings (SSSR count). The number of aromatic nitrogens is 1. The maximum atomic E-state index is 13.3. The van der Waals surface area contributed by atoms with E-state index in [1.54, 1.807) is 19.1 Å². The molecule has 2 aromatic carbocycles. The largest absolute Gasteiger partial charge is 0.480 e. The Morgan fingerprint density at radius 2 is 1.85 bits per heavy atom. The molecule has 0 bridgehead atoms. The second kappa shape index (κ2) is 9.10. The first kappa shape index (κ1) is 23.2. The Labute approximate surface area is 196 Å². The number of nitrogens with zero attached hydrogens (tertiary/aromatic N) is 1. The van der Waals surface area contributed by atoms with E-state index in [-0.39, 0.29) is 22.1 Å². The average Bonchev–Trinajstić information content (AvgIpc) is 3.36. The quantitative estimate of drug-likeness (QED) is 0.271. The molecule has 2 heterocycles. The van der Waals surface area contributed by atoms with Crippen LogP contribution in [0.2, 0.25) is 0 Å². The van der Waals surface area contributed by atoms with Gasteiger partial charge in [-0.15, -0.1) is 0 Å². The van der Waals surface area contributed by atoms with Gasteiger partial charge >= 0.3 is 16.1 Å². The van der Waals surface area contributed by atoms with E-state index in [0.29, 0.717) is 16.5 Å². The topological polar surface area (TPSA) is 123 Å². The van der Waals surface area contributed by atoms with Crippen molar-refractivity contribution in [2.75, 3.05) is 0 Å². The van der Waals surface area contributed by atoms with Crippen LogP contribution in [0.3, 0.4) is 0 Å². The summed E-state index contributed by atoms with van der Waals surface area (Å²) in [6.07, 6.45) is 0. The van der Waals surface area contributed by atoms with Crippen LogP contribution < -0.4 is 4.18 Å². The highest BCUT2D eigenvalue weighted by atomic mass is 32.2. The van der Waals surface area contributed by atoms with Crippen LogP contribution in [0.5, 0.6) is 5.75 Å². The van der Waals surface area contributed by atoms with Gasteiger partial charge in [0.05, 0.1) is 11.3 Å². The van der Waals surface area contributed by atoms with E-state index in [2.05, 4.69) is 0 Å². The van der Waals surface area contributed by atoms with Crippen molar-refractivity contribution in [3.63, 3.8) is 0 Å². The third-order valence-electron chi connectivity index (χ3n) is 5.08. The molecule has 2 aromatic heterocycles. The minimum absolute atomic E-state index is 0.0370. The minimum atomic E-state index is -4.33. The van der Waals surface area contributed by atoms with Crippen LogP contribution in [0.25, 0.3) is 22.0 Å². The third-order valence-corrected chi connectivity index (χ3v) is 7.77. The SMILES string of the molecule is Cc1c(S(=O)(=O)Oc2ccc(CS(=O)O)cc2)c2cc(-c3ccsc3)ccc2n1CC(=O)O. The first-order valence-corrected chi connectivity index (χ1v) is 13.3. The summed E-state index contributed by atoms with van der Waals surface area (Å²) in [6.45, 7) is 1.14. The average molecular weight is 506 g/mol. The number of carboxylic acid groups (broad SMARTS) is 1. The smallest absolute Gasteiger partial charge is 0.341 e. The summed E-state index contributed by atoms with van der Waals surface area (Å²) in [5.74, 6) is -1.14. The van der Waals surface area contributed by atoms with Gasteiger partial charge in [-0.1, -0.05) is 18.2 Å². The normalized spacial score (nSPS) is 12.7. The lowest BCUT2D eigenvalue weighted by molar-refractivity contribution is -0.137. The molecule has 1 unspecified atom stereocenters. The van der Waals surface area contributed by atoms with E-state index in [9.17, 15) is 22.5 Å². The van der Waals surface area contributed by atoms with Crippen LogP contribution in [0.1, 0.15) is 11.3 Å². The molecule has 0 saturated carbocycles. The summed E-state index contributed by atoms with van der Waals surface area (Å²) in [5.41, 5.74) is 3.00. The van der Waals surface area contributed by atoms with Crippen molar-refractivity contribution in [2.24, 2.45) is 0 Å². The lowest BCUT2D eigenvalue weighted by Crippen LogP contribution is -2.13. The Balaban J connectivity index is 1.81. The number of thiophene rings is 1. The van der Waals surface area contributed by atoms with Crippen LogP contribution in [0.15, 0.2) is 64.2 Å². The zero-order valence-electron chi connectivity index (χ0n) is 17.3. The van der Waals surface area contributed by atoms with Gasteiger partial charge in [-0.2, -0.15) is 19.8 Å². The number of benzene rings is 2. The Morgan fingerprint density at radius 1 is 1.12 bits per heavy atom. The number of hydrogen-bond acceptors (Lipinski definition) is 6. The van der Waals surface area contributed by atoms with Gasteiger partial charge in [0.1, 0.15) is 17.2 Å². The van der Waals surface area contributed by atoms with Crippen molar-refractivity contribution < 1.29 is 31.3 Å². The van der Waals surface area contributed by atoms with Crippen LogP contribution in [0.4, 0.5) is 0 Å². The van der Waals surface area contributed by atoms with Crippen molar-refractivity contribution in [3.05, 3.63) is 70.5 Å². The lowest BCUT2D eigenvalue weighted by atomic mass is 10.1. The van der Waals surface area contributed by atoms with E-state index < -0.39 is 33.7 Å². The van der Waals surface area contributed by atoms with E-state index in [0.717, 1.165) is 11.1 Å². The number of carbonyl (C=O) groups is 1.